The van der Waals surface area contributed by atoms with Crippen molar-refractivity contribution in [3.8, 4) is 23.2 Å². The lowest BCUT2D eigenvalue weighted by molar-refractivity contribution is -0.137. The van der Waals surface area contributed by atoms with Gasteiger partial charge in [0.1, 0.15) is 35.5 Å². The highest BCUT2D eigenvalue weighted by Crippen LogP contribution is 2.47. The Hall–Kier alpha value is -3.80. The van der Waals surface area contributed by atoms with Gasteiger partial charge >= 0.3 is 12.2 Å². The van der Waals surface area contributed by atoms with Gasteiger partial charge in [0.05, 0.1) is 26.9 Å². The van der Waals surface area contributed by atoms with Crippen molar-refractivity contribution < 1.29 is 26.7 Å². The van der Waals surface area contributed by atoms with Crippen molar-refractivity contribution in [1.82, 2.24) is 20.2 Å². The van der Waals surface area contributed by atoms with Gasteiger partial charge in [0.15, 0.2) is 0 Å². The molecule has 0 aliphatic carbocycles. The number of nitrogen functional groups attached to an aromatic ring is 1. The molecule has 4 aliphatic rings. The number of piperazine rings is 1. The molecular formula is C32H30F5N7OS. The number of hydrogen-bond donors (Lipinski definition) is 2. The molecule has 240 valence electrons. The molecule has 4 saturated heterocycles. The number of nitrogens with zero attached hydrogens (tertiary/aromatic N) is 5. The Morgan fingerprint density at radius 3 is 2.65 bits per heavy atom. The number of fused-ring (bicyclic) bond motifs is 5. The molecule has 0 spiro atoms. The zero-order chi connectivity index (χ0) is 32.0. The molecule has 46 heavy (non-hydrogen) atoms. The Kier molecular flexibility index (Phi) is 6.83. The van der Waals surface area contributed by atoms with Crippen molar-refractivity contribution in [2.24, 2.45) is 0 Å². The highest BCUT2D eigenvalue weighted by Gasteiger charge is 2.49. The van der Waals surface area contributed by atoms with E-state index in [0.717, 1.165) is 55.7 Å². The summed E-state index contributed by atoms with van der Waals surface area (Å²) >= 11 is 0.822. The lowest BCUT2D eigenvalue weighted by Crippen LogP contribution is -2.51. The summed E-state index contributed by atoms with van der Waals surface area (Å²) in [4.78, 5) is 13.4. The maximum absolute atomic E-state index is 14.9. The van der Waals surface area contributed by atoms with Gasteiger partial charge in [-0.25, -0.2) is 8.78 Å². The fourth-order valence-corrected chi connectivity index (χ4v) is 8.99. The second-order valence-electron chi connectivity index (χ2n) is 12.9. The minimum atomic E-state index is -4.80. The van der Waals surface area contributed by atoms with Crippen molar-refractivity contribution >= 4 is 43.1 Å². The predicted octanol–water partition coefficient (Wildman–Crippen LogP) is 6.02. The lowest BCUT2D eigenvalue weighted by Gasteiger charge is -2.35. The Morgan fingerprint density at radius 2 is 1.91 bits per heavy atom. The quantitative estimate of drug-likeness (QED) is 0.252. The fraction of sp³-hybridized carbons (Fsp3) is 0.469. The zero-order valence-corrected chi connectivity index (χ0v) is 25.4. The van der Waals surface area contributed by atoms with E-state index in [4.69, 9.17) is 15.5 Å². The van der Waals surface area contributed by atoms with Crippen molar-refractivity contribution in [3.05, 3.63) is 41.2 Å². The minimum Gasteiger partial charge on any atom is -0.461 e. The summed E-state index contributed by atoms with van der Waals surface area (Å²) in [5, 5.41) is 13.6. The number of thiophene rings is 1. The van der Waals surface area contributed by atoms with Crippen LogP contribution in [-0.4, -0.2) is 71.4 Å². The van der Waals surface area contributed by atoms with Crippen molar-refractivity contribution in [3.63, 3.8) is 0 Å². The van der Waals surface area contributed by atoms with Gasteiger partial charge in [-0.15, -0.1) is 11.3 Å². The van der Waals surface area contributed by atoms with E-state index in [-0.39, 0.29) is 67.4 Å². The summed E-state index contributed by atoms with van der Waals surface area (Å²) in [7, 11) is 0. The SMILES string of the molecule is N#Cc1c(N)sc2c(F)ccc(-c3cc4nc(OC[C@@]56CCCN5C[C@H](F)C6)nc(N5CC6CCC(C5)N6)c4cc3C(F)(F)F)c12. The molecule has 0 saturated carbocycles. The minimum absolute atomic E-state index is 0.00404. The van der Waals surface area contributed by atoms with Gasteiger partial charge in [0, 0.05) is 48.9 Å². The fourth-order valence-electron chi connectivity index (χ4n) is 8.04. The largest absolute Gasteiger partial charge is 0.461 e. The monoisotopic (exact) mass is 655 g/mol. The van der Waals surface area contributed by atoms with Crippen LogP contribution in [0.3, 0.4) is 0 Å². The molecule has 8 nitrogen and oxygen atoms in total. The number of benzene rings is 2. The third-order valence-electron chi connectivity index (χ3n) is 10.1. The Morgan fingerprint density at radius 1 is 1.13 bits per heavy atom. The molecule has 4 aromatic rings. The zero-order valence-electron chi connectivity index (χ0n) is 24.6. The van der Waals surface area contributed by atoms with Gasteiger partial charge in [-0.1, -0.05) is 6.07 Å². The number of aromatic nitrogens is 2. The van der Waals surface area contributed by atoms with E-state index in [2.05, 4.69) is 15.2 Å². The second-order valence-corrected chi connectivity index (χ2v) is 14.0. The van der Waals surface area contributed by atoms with Gasteiger partial charge in [0.25, 0.3) is 0 Å². The number of ether oxygens (including phenoxy) is 1. The number of nitrogens with one attached hydrogen (secondary N) is 1. The van der Waals surface area contributed by atoms with Crippen LogP contribution in [0.1, 0.15) is 43.2 Å². The number of alkyl halides is 4. The van der Waals surface area contributed by atoms with E-state index in [0.29, 0.717) is 31.9 Å². The molecule has 8 rings (SSSR count). The van der Waals surface area contributed by atoms with Crippen LogP contribution in [-0.2, 0) is 6.18 Å². The summed E-state index contributed by atoms with van der Waals surface area (Å²) in [6, 6.07) is 7.01. The van der Waals surface area contributed by atoms with Crippen LogP contribution in [0, 0.1) is 17.1 Å². The standard InChI is InChI=1S/C32H30F5N7OS/c33-16-10-31(6-1-7-44(31)12-16)15-45-30-41-25-9-20(19-4-5-24(34)27-26(19)22(11-38)28(39)46-27)23(32(35,36)37)8-21(25)29(42-30)43-13-17-2-3-18(14-43)40-17/h4-5,8-9,16-18,40H,1-3,6-7,10,12-15,39H2/t16-,17?,18?,31+/m1/s1. The van der Waals surface area contributed by atoms with E-state index in [1.165, 1.54) is 12.1 Å². The number of rotatable bonds is 5. The van der Waals surface area contributed by atoms with Gasteiger partial charge in [-0.05, 0) is 61.6 Å². The molecule has 2 aromatic carbocycles. The van der Waals surface area contributed by atoms with Crippen LogP contribution in [0.25, 0.3) is 32.1 Å². The first-order valence-electron chi connectivity index (χ1n) is 15.4. The smallest absolute Gasteiger partial charge is 0.417 e. The van der Waals surface area contributed by atoms with Crippen LogP contribution >= 0.6 is 11.3 Å². The van der Waals surface area contributed by atoms with Crippen LogP contribution < -0.4 is 20.7 Å². The van der Waals surface area contributed by atoms with Crippen LogP contribution in [0.2, 0.25) is 0 Å². The van der Waals surface area contributed by atoms with Gasteiger partial charge in [-0.3, -0.25) is 4.90 Å². The van der Waals surface area contributed by atoms with Crippen LogP contribution in [0.15, 0.2) is 24.3 Å². The van der Waals surface area contributed by atoms with Crippen molar-refractivity contribution in [2.75, 3.05) is 43.4 Å². The lowest BCUT2D eigenvalue weighted by atomic mass is 9.93. The van der Waals surface area contributed by atoms with E-state index in [1.54, 1.807) is 0 Å². The Balaban J connectivity index is 1.31. The Bertz CT molecular complexity index is 1910. The predicted molar refractivity (Wildman–Crippen MR) is 165 cm³/mol. The molecule has 4 aliphatic heterocycles. The number of nitriles is 1. The van der Waals surface area contributed by atoms with Gasteiger partial charge in [-0.2, -0.15) is 28.4 Å². The maximum atomic E-state index is 14.9. The van der Waals surface area contributed by atoms with E-state index in [1.807, 2.05) is 11.0 Å². The molecule has 4 atom stereocenters. The first-order chi connectivity index (χ1) is 22.0. The number of hydrogen-bond acceptors (Lipinski definition) is 9. The van der Waals surface area contributed by atoms with E-state index < -0.39 is 29.3 Å². The van der Waals surface area contributed by atoms with Crippen molar-refractivity contribution in [1.29, 1.82) is 5.26 Å². The number of anilines is 2. The second kappa shape index (κ2) is 10.6. The number of nitrogens with two attached hydrogens (primary N) is 1. The summed E-state index contributed by atoms with van der Waals surface area (Å²) in [6.07, 6.45) is -1.78. The summed E-state index contributed by atoms with van der Waals surface area (Å²) < 4.78 is 80.2. The molecule has 6 heterocycles. The third kappa shape index (κ3) is 4.74. The normalized spacial score (nSPS) is 26.3. The first-order valence-corrected chi connectivity index (χ1v) is 16.2. The average molecular weight is 656 g/mol. The van der Waals surface area contributed by atoms with Crippen LogP contribution in [0.4, 0.5) is 32.8 Å². The van der Waals surface area contributed by atoms with E-state index >= 15 is 0 Å². The molecule has 14 heteroatoms. The molecular weight excluding hydrogens is 625 g/mol. The summed E-state index contributed by atoms with van der Waals surface area (Å²) in [6.45, 7) is 2.42. The van der Waals surface area contributed by atoms with Gasteiger partial charge < -0.3 is 20.7 Å². The molecule has 2 bridgehead atoms. The summed E-state index contributed by atoms with van der Waals surface area (Å²) in [5.74, 6) is -0.338. The topological polar surface area (TPSA) is 103 Å². The first kappa shape index (κ1) is 29.6. The molecule has 2 unspecified atom stereocenters. The molecule has 0 radical (unpaired) electrons. The summed E-state index contributed by atoms with van der Waals surface area (Å²) in [5.41, 5.74) is 4.48. The molecule has 4 fully saturated rings. The molecule has 3 N–H and O–H groups in total. The van der Waals surface area contributed by atoms with Gasteiger partial charge in [0.2, 0.25) is 0 Å². The van der Waals surface area contributed by atoms with Crippen LogP contribution in [0.5, 0.6) is 6.01 Å². The van der Waals surface area contributed by atoms with Crippen molar-refractivity contribution in [2.45, 2.75) is 62.1 Å². The highest BCUT2D eigenvalue weighted by atomic mass is 32.1. The van der Waals surface area contributed by atoms with E-state index in [9.17, 15) is 27.2 Å². The third-order valence-corrected chi connectivity index (χ3v) is 11.1. The Labute approximate surface area is 264 Å². The number of halogens is 5. The molecule has 0 amide bonds. The molecule has 2 aromatic heterocycles. The maximum Gasteiger partial charge on any atom is 0.417 e. The average Bonchev–Trinajstić information content (AvgIpc) is 3.75. The highest BCUT2D eigenvalue weighted by molar-refractivity contribution is 7.23.